The number of nitrogens with zero attached hydrogens (tertiary/aromatic N) is 5. The van der Waals surface area contributed by atoms with E-state index in [9.17, 15) is 4.39 Å². The van der Waals surface area contributed by atoms with Gasteiger partial charge >= 0.3 is 0 Å². The van der Waals surface area contributed by atoms with E-state index in [4.69, 9.17) is 10.00 Å². The van der Waals surface area contributed by atoms with Crippen LogP contribution in [0.25, 0.3) is 5.57 Å². The Morgan fingerprint density at radius 3 is 2.96 bits per heavy atom. The van der Waals surface area contributed by atoms with Crippen LogP contribution in [0.4, 0.5) is 10.1 Å². The summed E-state index contributed by atoms with van der Waals surface area (Å²) >= 11 is 0. The Hall–Kier alpha value is -2.99. The van der Waals surface area contributed by atoms with Crippen LogP contribution < -0.4 is 10.1 Å². The van der Waals surface area contributed by atoms with E-state index in [1.807, 2.05) is 6.07 Å². The zero-order chi connectivity index (χ0) is 17.5. The molecular weight excluding hydrogens is 325 g/mol. The highest BCUT2D eigenvalue weighted by atomic mass is 19.1. The van der Waals surface area contributed by atoms with Gasteiger partial charge in [0.1, 0.15) is 18.2 Å². The molecule has 2 aromatic rings. The number of tetrazole rings is 1. The summed E-state index contributed by atoms with van der Waals surface area (Å²) < 4.78 is 19.6. The highest BCUT2D eigenvalue weighted by Crippen LogP contribution is 2.22. The first-order chi connectivity index (χ1) is 12.3. The second-order valence-corrected chi connectivity index (χ2v) is 5.59. The van der Waals surface area contributed by atoms with Crippen LogP contribution in [0.3, 0.4) is 0 Å². The number of aromatic nitrogens is 4. The minimum atomic E-state index is -0.460. The third-order valence-electron chi connectivity index (χ3n) is 3.89. The van der Waals surface area contributed by atoms with Crippen molar-refractivity contribution in [1.29, 1.82) is 5.26 Å². The number of ether oxygens (including phenoxy) is 1. The van der Waals surface area contributed by atoms with E-state index in [0.29, 0.717) is 12.3 Å². The van der Waals surface area contributed by atoms with Gasteiger partial charge in [0.15, 0.2) is 11.6 Å². The predicted molar refractivity (Wildman–Crippen MR) is 89.0 cm³/mol. The average Bonchev–Trinajstić information content (AvgIpc) is 3.31. The van der Waals surface area contributed by atoms with Gasteiger partial charge in [-0.3, -0.25) is 4.90 Å². The topological polar surface area (TPSA) is 103 Å². The number of hydrogen-bond donors (Lipinski definition) is 2. The molecule has 8 nitrogen and oxygen atoms in total. The molecule has 25 heavy (non-hydrogen) atoms. The summed E-state index contributed by atoms with van der Waals surface area (Å²) in [4.78, 5) is 2.31. The second-order valence-electron chi connectivity index (χ2n) is 5.59. The number of nitrogens with one attached hydrogen (secondary N) is 2. The summed E-state index contributed by atoms with van der Waals surface area (Å²) in [5, 5.41) is 25.0. The van der Waals surface area contributed by atoms with E-state index in [2.05, 4.69) is 30.8 Å². The lowest BCUT2D eigenvalue weighted by molar-refractivity contribution is 0.231. The Kier molecular flexibility index (Phi) is 5.53. The van der Waals surface area contributed by atoms with E-state index < -0.39 is 5.82 Å². The van der Waals surface area contributed by atoms with Gasteiger partial charge in [-0.15, -0.1) is 10.2 Å². The van der Waals surface area contributed by atoms with Crippen LogP contribution in [0.1, 0.15) is 18.7 Å². The van der Waals surface area contributed by atoms with Crippen LogP contribution in [-0.2, 0) is 0 Å². The van der Waals surface area contributed by atoms with Crippen LogP contribution in [0.15, 0.2) is 24.4 Å². The zero-order valence-electron chi connectivity index (χ0n) is 13.6. The summed E-state index contributed by atoms with van der Waals surface area (Å²) in [5.74, 6) is -0.0809. The lowest BCUT2D eigenvalue weighted by Crippen LogP contribution is -2.25. The van der Waals surface area contributed by atoms with Crippen LogP contribution in [0.5, 0.6) is 5.75 Å². The Morgan fingerprint density at radius 2 is 2.28 bits per heavy atom. The molecule has 1 aliphatic heterocycles. The standard InChI is InChI=1S/C16H18FN7O/c17-14-9-13(19-11-12(10-18)16-20-22-23-21-16)3-4-15(14)25-8-7-24-5-1-2-6-24/h3-4,9,11,19H,1-2,5-8H2,(H,20,21,22,23). The largest absolute Gasteiger partial charge is 0.489 e. The molecule has 2 heterocycles. The Labute approximate surface area is 144 Å². The fourth-order valence-electron chi connectivity index (χ4n) is 2.58. The van der Waals surface area contributed by atoms with Crippen LogP contribution >= 0.6 is 0 Å². The molecule has 0 atom stereocenters. The SMILES string of the molecule is N#CC(=CNc1ccc(OCCN2CCCC2)c(F)c1)c1nn[nH]n1. The molecular formula is C16H18FN7O. The van der Waals surface area contributed by atoms with Crippen molar-refractivity contribution in [3.8, 4) is 11.8 Å². The average molecular weight is 343 g/mol. The number of rotatable bonds is 7. The molecule has 0 amide bonds. The van der Waals surface area contributed by atoms with E-state index in [-0.39, 0.29) is 17.1 Å². The third-order valence-corrected chi connectivity index (χ3v) is 3.89. The highest BCUT2D eigenvalue weighted by molar-refractivity contribution is 5.74. The molecule has 1 fully saturated rings. The fraction of sp³-hybridized carbons (Fsp3) is 0.375. The number of likely N-dealkylation sites (tertiary alicyclic amines) is 1. The fourth-order valence-corrected chi connectivity index (χ4v) is 2.58. The zero-order valence-corrected chi connectivity index (χ0v) is 13.6. The van der Waals surface area contributed by atoms with Crippen molar-refractivity contribution in [2.24, 2.45) is 0 Å². The van der Waals surface area contributed by atoms with Gasteiger partial charge in [0.25, 0.3) is 0 Å². The van der Waals surface area contributed by atoms with Crippen LogP contribution in [0.2, 0.25) is 0 Å². The van der Waals surface area contributed by atoms with Gasteiger partial charge in [-0.05, 0) is 43.3 Å². The van der Waals surface area contributed by atoms with Crippen molar-refractivity contribution in [2.75, 3.05) is 31.6 Å². The van der Waals surface area contributed by atoms with E-state index in [0.717, 1.165) is 19.6 Å². The number of anilines is 1. The number of halogens is 1. The summed E-state index contributed by atoms with van der Waals surface area (Å²) in [5.41, 5.74) is 0.667. The number of nitriles is 1. The molecule has 0 spiro atoms. The molecule has 130 valence electrons. The molecule has 1 aromatic carbocycles. The van der Waals surface area contributed by atoms with E-state index >= 15 is 0 Å². The van der Waals surface area contributed by atoms with Gasteiger partial charge in [-0.2, -0.15) is 10.5 Å². The van der Waals surface area contributed by atoms with Crippen LogP contribution in [-0.4, -0.2) is 51.8 Å². The van der Waals surface area contributed by atoms with E-state index in [1.54, 1.807) is 12.1 Å². The minimum absolute atomic E-state index is 0.164. The highest BCUT2D eigenvalue weighted by Gasteiger charge is 2.12. The maximum atomic E-state index is 14.1. The van der Waals surface area contributed by atoms with Crippen LogP contribution in [0, 0.1) is 17.1 Å². The van der Waals surface area contributed by atoms with Crippen molar-refractivity contribution in [1.82, 2.24) is 25.5 Å². The summed E-state index contributed by atoms with van der Waals surface area (Å²) in [6, 6.07) is 6.50. The Morgan fingerprint density at radius 1 is 1.44 bits per heavy atom. The minimum Gasteiger partial charge on any atom is -0.489 e. The van der Waals surface area contributed by atoms with Crippen molar-refractivity contribution >= 4 is 11.3 Å². The molecule has 3 rings (SSSR count). The van der Waals surface area contributed by atoms with Crippen molar-refractivity contribution in [3.05, 3.63) is 36.0 Å². The van der Waals surface area contributed by atoms with E-state index in [1.165, 1.54) is 25.1 Å². The van der Waals surface area contributed by atoms with Gasteiger partial charge < -0.3 is 10.1 Å². The molecule has 1 aromatic heterocycles. The Balaban J connectivity index is 1.56. The number of benzene rings is 1. The molecule has 9 heteroatoms. The molecule has 1 aliphatic rings. The number of H-pyrrole nitrogens is 1. The first-order valence-corrected chi connectivity index (χ1v) is 8.01. The first-order valence-electron chi connectivity index (χ1n) is 8.01. The van der Waals surface area contributed by atoms with Gasteiger partial charge in [0.05, 0.1) is 0 Å². The van der Waals surface area contributed by atoms with Crippen molar-refractivity contribution in [3.63, 3.8) is 0 Å². The lowest BCUT2D eigenvalue weighted by atomic mass is 10.2. The van der Waals surface area contributed by atoms with Crippen molar-refractivity contribution in [2.45, 2.75) is 12.8 Å². The maximum absolute atomic E-state index is 14.1. The Bertz CT molecular complexity index is 763. The van der Waals surface area contributed by atoms with Gasteiger partial charge in [-0.25, -0.2) is 4.39 Å². The van der Waals surface area contributed by atoms with Crippen molar-refractivity contribution < 1.29 is 9.13 Å². The number of hydrogen-bond acceptors (Lipinski definition) is 7. The maximum Gasteiger partial charge on any atom is 0.216 e. The molecule has 0 radical (unpaired) electrons. The molecule has 1 saturated heterocycles. The van der Waals surface area contributed by atoms with Gasteiger partial charge in [0.2, 0.25) is 5.82 Å². The van der Waals surface area contributed by atoms with Gasteiger partial charge in [0, 0.05) is 24.5 Å². The summed E-state index contributed by atoms with van der Waals surface area (Å²) in [6.07, 6.45) is 3.83. The molecule has 0 bridgehead atoms. The number of aromatic amines is 1. The third kappa shape index (κ3) is 4.51. The molecule has 0 aliphatic carbocycles. The van der Waals surface area contributed by atoms with Gasteiger partial charge in [-0.1, -0.05) is 0 Å². The second kappa shape index (κ2) is 8.21. The molecule has 2 N–H and O–H groups in total. The quantitative estimate of drug-likeness (QED) is 0.739. The predicted octanol–water partition coefficient (Wildman–Crippen LogP) is 1.79. The monoisotopic (exact) mass is 343 g/mol. The smallest absolute Gasteiger partial charge is 0.216 e. The lowest BCUT2D eigenvalue weighted by Gasteiger charge is -2.15. The molecule has 0 saturated carbocycles. The molecule has 0 unspecified atom stereocenters. The first kappa shape index (κ1) is 16.9. The number of allylic oxidation sites excluding steroid dienone is 1. The summed E-state index contributed by atoms with van der Waals surface area (Å²) in [6.45, 7) is 3.43. The normalized spacial score (nSPS) is 15.1. The summed E-state index contributed by atoms with van der Waals surface area (Å²) in [7, 11) is 0.